The predicted octanol–water partition coefficient (Wildman–Crippen LogP) is 2.50. The Balaban J connectivity index is 2.60. The molecule has 12 heavy (non-hydrogen) atoms. The Morgan fingerprint density at radius 3 is 3.00 bits per heavy atom. The molecule has 2 heterocycles. The first-order chi connectivity index (χ1) is 5.77. The highest BCUT2D eigenvalue weighted by Crippen LogP contribution is 2.20. The summed E-state index contributed by atoms with van der Waals surface area (Å²) < 4.78 is 24.3. The van der Waals surface area contributed by atoms with Gasteiger partial charge in [-0.1, -0.05) is 0 Å². The Morgan fingerprint density at radius 2 is 2.25 bits per heavy atom. The molecule has 0 aliphatic rings. The van der Waals surface area contributed by atoms with Gasteiger partial charge in [-0.2, -0.15) is 0 Å². The molecule has 0 fully saturated rings. The van der Waals surface area contributed by atoms with Gasteiger partial charge >= 0.3 is 0 Å². The Hall–Kier alpha value is -1.45. The summed E-state index contributed by atoms with van der Waals surface area (Å²) in [6.45, 7) is 0. The minimum atomic E-state index is -2.45. The van der Waals surface area contributed by atoms with Crippen LogP contribution in [0.15, 0.2) is 24.5 Å². The lowest BCUT2D eigenvalue weighted by molar-refractivity contribution is 0.151. The third-order valence-electron chi connectivity index (χ3n) is 1.67. The average Bonchev–Trinajstić information content (AvgIpc) is 2.49. The molecule has 0 atom stereocenters. The maximum absolute atomic E-state index is 12.2. The first kappa shape index (κ1) is 7.21. The largest absolute Gasteiger partial charge is 0.346 e. The SMILES string of the molecule is FC(F)c1cnc2[nH]ccc2c1. The Bertz CT molecular complexity index is 395. The van der Waals surface area contributed by atoms with E-state index in [-0.39, 0.29) is 5.56 Å². The van der Waals surface area contributed by atoms with E-state index in [1.54, 1.807) is 12.3 Å². The van der Waals surface area contributed by atoms with Crippen LogP contribution in [0.5, 0.6) is 0 Å². The first-order valence-electron chi connectivity index (χ1n) is 3.48. The zero-order chi connectivity index (χ0) is 8.55. The van der Waals surface area contributed by atoms with E-state index in [1.165, 1.54) is 12.3 Å². The molecule has 4 heteroatoms. The maximum Gasteiger partial charge on any atom is 0.265 e. The van der Waals surface area contributed by atoms with Crippen molar-refractivity contribution in [3.05, 3.63) is 30.1 Å². The van der Waals surface area contributed by atoms with E-state index in [1.807, 2.05) is 0 Å². The summed E-state index contributed by atoms with van der Waals surface area (Å²) in [6, 6.07) is 3.15. The monoisotopic (exact) mass is 168 g/mol. The number of nitrogens with zero attached hydrogens (tertiary/aromatic N) is 1. The Morgan fingerprint density at radius 1 is 1.42 bits per heavy atom. The molecule has 2 rings (SSSR count). The van der Waals surface area contributed by atoms with Crippen molar-refractivity contribution in [2.45, 2.75) is 6.43 Å². The zero-order valence-electron chi connectivity index (χ0n) is 6.09. The molecule has 0 unspecified atom stereocenters. The summed E-state index contributed by atoms with van der Waals surface area (Å²) >= 11 is 0. The highest BCUT2D eigenvalue weighted by Gasteiger charge is 2.07. The van der Waals surface area contributed by atoms with E-state index in [0.717, 1.165) is 0 Å². The maximum atomic E-state index is 12.2. The molecule has 2 nitrogen and oxygen atoms in total. The number of halogens is 2. The van der Waals surface area contributed by atoms with E-state index in [4.69, 9.17) is 0 Å². The highest BCUT2D eigenvalue weighted by molar-refractivity contribution is 5.75. The summed E-state index contributed by atoms with van der Waals surface area (Å²) in [5.41, 5.74) is 0.599. The molecule has 0 saturated heterocycles. The molecule has 0 saturated carbocycles. The molecule has 0 aliphatic heterocycles. The van der Waals surface area contributed by atoms with Gasteiger partial charge in [-0.3, -0.25) is 0 Å². The molecule has 0 radical (unpaired) electrons. The zero-order valence-corrected chi connectivity index (χ0v) is 6.09. The van der Waals surface area contributed by atoms with E-state index in [9.17, 15) is 8.78 Å². The van der Waals surface area contributed by atoms with Crippen molar-refractivity contribution >= 4 is 11.0 Å². The molecule has 2 aromatic heterocycles. The molecular weight excluding hydrogens is 162 g/mol. The van der Waals surface area contributed by atoms with Crippen LogP contribution in [0.25, 0.3) is 11.0 Å². The summed E-state index contributed by atoms with van der Waals surface area (Å²) in [4.78, 5) is 6.66. The lowest BCUT2D eigenvalue weighted by atomic mass is 10.2. The molecule has 0 spiro atoms. The van der Waals surface area contributed by atoms with Crippen LogP contribution in [0.2, 0.25) is 0 Å². The molecule has 0 aromatic carbocycles. The number of fused-ring (bicyclic) bond motifs is 1. The number of hydrogen-bond acceptors (Lipinski definition) is 1. The normalized spacial score (nSPS) is 11.2. The number of aromatic amines is 1. The van der Waals surface area contributed by atoms with Crippen molar-refractivity contribution in [2.24, 2.45) is 0 Å². The molecule has 62 valence electrons. The Labute approximate surface area is 67.2 Å². The summed E-state index contributed by atoms with van der Waals surface area (Å²) in [6.07, 6.45) is 0.410. The number of nitrogens with one attached hydrogen (secondary N) is 1. The molecule has 0 amide bonds. The third-order valence-corrected chi connectivity index (χ3v) is 1.67. The van der Waals surface area contributed by atoms with E-state index < -0.39 is 6.43 Å². The minimum absolute atomic E-state index is 0.0397. The van der Waals surface area contributed by atoms with Gasteiger partial charge in [0.05, 0.1) is 0 Å². The lowest BCUT2D eigenvalue weighted by Crippen LogP contribution is -1.85. The van der Waals surface area contributed by atoms with Gasteiger partial charge in [0.2, 0.25) is 0 Å². The topological polar surface area (TPSA) is 28.7 Å². The molecule has 0 bridgehead atoms. The van der Waals surface area contributed by atoms with Crippen LogP contribution in [-0.4, -0.2) is 9.97 Å². The van der Waals surface area contributed by atoms with Crippen LogP contribution >= 0.6 is 0 Å². The summed E-state index contributed by atoms with van der Waals surface area (Å²) in [5.74, 6) is 0. The number of pyridine rings is 1. The fraction of sp³-hybridized carbons (Fsp3) is 0.125. The first-order valence-corrected chi connectivity index (χ1v) is 3.48. The van der Waals surface area contributed by atoms with Crippen molar-refractivity contribution in [1.82, 2.24) is 9.97 Å². The standard InChI is InChI=1S/C8H6F2N2/c9-7(10)6-3-5-1-2-11-8(5)12-4-6/h1-4,7H,(H,11,12). The van der Waals surface area contributed by atoms with Crippen LogP contribution in [-0.2, 0) is 0 Å². The number of rotatable bonds is 1. The second-order valence-corrected chi connectivity index (χ2v) is 2.48. The van der Waals surface area contributed by atoms with Crippen molar-refractivity contribution in [1.29, 1.82) is 0 Å². The van der Waals surface area contributed by atoms with Crippen molar-refractivity contribution < 1.29 is 8.78 Å². The van der Waals surface area contributed by atoms with E-state index in [0.29, 0.717) is 11.0 Å². The highest BCUT2D eigenvalue weighted by atomic mass is 19.3. The van der Waals surface area contributed by atoms with Gasteiger partial charge in [0.25, 0.3) is 6.43 Å². The van der Waals surface area contributed by atoms with E-state index in [2.05, 4.69) is 9.97 Å². The minimum Gasteiger partial charge on any atom is -0.346 e. The van der Waals surface area contributed by atoms with Gasteiger partial charge in [-0.25, -0.2) is 13.8 Å². The third kappa shape index (κ3) is 1.05. The van der Waals surface area contributed by atoms with Crippen molar-refractivity contribution in [3.63, 3.8) is 0 Å². The van der Waals surface area contributed by atoms with Crippen LogP contribution < -0.4 is 0 Å². The van der Waals surface area contributed by atoms with Gasteiger partial charge in [0, 0.05) is 23.3 Å². The fourth-order valence-corrected chi connectivity index (χ4v) is 1.08. The van der Waals surface area contributed by atoms with Crippen LogP contribution in [0, 0.1) is 0 Å². The lowest BCUT2D eigenvalue weighted by Gasteiger charge is -1.97. The quantitative estimate of drug-likeness (QED) is 0.696. The fourth-order valence-electron chi connectivity index (χ4n) is 1.08. The van der Waals surface area contributed by atoms with Crippen LogP contribution in [0.4, 0.5) is 8.78 Å². The van der Waals surface area contributed by atoms with Crippen molar-refractivity contribution in [2.75, 3.05) is 0 Å². The average molecular weight is 168 g/mol. The smallest absolute Gasteiger partial charge is 0.265 e. The molecule has 1 N–H and O–H groups in total. The van der Waals surface area contributed by atoms with Gasteiger partial charge in [0.15, 0.2) is 0 Å². The number of H-pyrrole nitrogens is 1. The Kier molecular flexibility index (Phi) is 1.53. The molecule has 0 aliphatic carbocycles. The molecular formula is C8H6F2N2. The van der Waals surface area contributed by atoms with E-state index >= 15 is 0 Å². The molecule has 2 aromatic rings. The van der Waals surface area contributed by atoms with Crippen LogP contribution in [0.1, 0.15) is 12.0 Å². The van der Waals surface area contributed by atoms with Gasteiger partial charge in [-0.15, -0.1) is 0 Å². The van der Waals surface area contributed by atoms with Crippen molar-refractivity contribution in [3.8, 4) is 0 Å². The number of aromatic nitrogens is 2. The van der Waals surface area contributed by atoms with Gasteiger partial charge in [0.1, 0.15) is 5.65 Å². The van der Waals surface area contributed by atoms with Gasteiger partial charge < -0.3 is 4.98 Å². The van der Waals surface area contributed by atoms with Gasteiger partial charge in [-0.05, 0) is 12.1 Å². The second-order valence-electron chi connectivity index (χ2n) is 2.48. The summed E-state index contributed by atoms with van der Waals surface area (Å²) in [7, 11) is 0. The number of alkyl halides is 2. The summed E-state index contributed by atoms with van der Waals surface area (Å²) in [5, 5.41) is 0.716. The predicted molar refractivity (Wildman–Crippen MR) is 41.1 cm³/mol. The van der Waals surface area contributed by atoms with Crippen LogP contribution in [0.3, 0.4) is 0 Å². The second kappa shape index (κ2) is 2.55. The number of hydrogen-bond donors (Lipinski definition) is 1.